The summed E-state index contributed by atoms with van der Waals surface area (Å²) in [7, 11) is 1.46. The van der Waals surface area contributed by atoms with E-state index in [9.17, 15) is 14.7 Å². The molecule has 0 spiro atoms. The number of hydrogen-bond donors (Lipinski definition) is 3. The van der Waals surface area contributed by atoms with Crippen LogP contribution in [-0.2, 0) is 0 Å². The third-order valence-corrected chi connectivity index (χ3v) is 5.57. The van der Waals surface area contributed by atoms with Crippen molar-refractivity contribution < 1.29 is 19.1 Å². The minimum absolute atomic E-state index is 0.146. The summed E-state index contributed by atoms with van der Waals surface area (Å²) in [4.78, 5) is 30.0. The summed E-state index contributed by atoms with van der Waals surface area (Å²) in [6.45, 7) is -0.146. The lowest BCUT2D eigenvalue weighted by Crippen LogP contribution is -2.24. The van der Waals surface area contributed by atoms with Crippen LogP contribution in [0.15, 0.2) is 71.6 Å². The van der Waals surface area contributed by atoms with Gasteiger partial charge in [0, 0.05) is 25.0 Å². The fourth-order valence-corrected chi connectivity index (χ4v) is 3.80. The van der Waals surface area contributed by atoms with Gasteiger partial charge in [0.25, 0.3) is 17.7 Å². The lowest BCUT2D eigenvalue weighted by Gasteiger charge is -2.20. The molecule has 3 heterocycles. The Morgan fingerprint density at radius 1 is 1.03 bits per heavy atom. The van der Waals surface area contributed by atoms with Crippen LogP contribution in [0.25, 0.3) is 11.5 Å². The Kier molecular flexibility index (Phi) is 5.48. The Morgan fingerprint density at radius 3 is 2.56 bits per heavy atom. The number of imide groups is 1. The van der Waals surface area contributed by atoms with Gasteiger partial charge in [0.2, 0.25) is 6.39 Å². The third-order valence-electron chi connectivity index (χ3n) is 5.57. The molecule has 0 bridgehead atoms. The predicted octanol–water partition coefficient (Wildman–Crippen LogP) is 3.25. The number of rotatable bonds is 7. The molecule has 3 N–H and O–H groups in total. The summed E-state index contributed by atoms with van der Waals surface area (Å²) in [6, 6.07) is 15.8. The zero-order valence-corrected chi connectivity index (χ0v) is 18.1. The van der Waals surface area contributed by atoms with Crippen LogP contribution < -0.4 is 10.6 Å². The largest absolute Gasteiger partial charge is 0.423 e. The van der Waals surface area contributed by atoms with E-state index in [4.69, 9.17) is 4.42 Å². The summed E-state index contributed by atoms with van der Waals surface area (Å²) < 4.78 is 5.36. The number of carbonyl (C=O) groups excluding carboxylic acids is 2. The second-order valence-corrected chi connectivity index (χ2v) is 7.70. The summed E-state index contributed by atoms with van der Waals surface area (Å²) in [5.74, 6) is 0.0759. The van der Waals surface area contributed by atoms with Crippen molar-refractivity contribution in [2.75, 3.05) is 24.3 Å². The number of carbonyl (C=O) groups is 2. The van der Waals surface area contributed by atoms with Gasteiger partial charge >= 0.3 is 0 Å². The SMILES string of the molecule is CN1C(=O)c2ccc(Nc3cc(N[C@H](CO)c4ccccc4)c(-c4nnco4)cn3)cc2C1=O. The smallest absolute Gasteiger partial charge is 0.261 e. The first-order chi connectivity index (χ1) is 16.5. The van der Waals surface area contributed by atoms with Gasteiger partial charge in [-0.1, -0.05) is 30.3 Å². The highest BCUT2D eigenvalue weighted by atomic mass is 16.4. The zero-order valence-electron chi connectivity index (χ0n) is 18.1. The molecular weight excluding hydrogens is 436 g/mol. The van der Waals surface area contributed by atoms with Gasteiger partial charge in [0.1, 0.15) is 5.82 Å². The van der Waals surface area contributed by atoms with E-state index in [1.807, 2.05) is 30.3 Å². The number of aliphatic hydroxyl groups is 1. The number of hydrogen-bond acceptors (Lipinski definition) is 9. The number of benzene rings is 2. The van der Waals surface area contributed by atoms with E-state index in [2.05, 4.69) is 25.8 Å². The van der Waals surface area contributed by atoms with Crippen molar-refractivity contribution in [3.05, 3.63) is 83.9 Å². The molecule has 1 aliphatic rings. The summed E-state index contributed by atoms with van der Waals surface area (Å²) in [6.07, 6.45) is 2.80. The summed E-state index contributed by atoms with van der Waals surface area (Å²) in [5.41, 5.74) is 3.38. The fraction of sp³-hybridized carbons (Fsp3) is 0.125. The van der Waals surface area contributed by atoms with Gasteiger partial charge in [-0.2, -0.15) is 0 Å². The lowest BCUT2D eigenvalue weighted by molar-refractivity contribution is 0.0693. The van der Waals surface area contributed by atoms with Crippen LogP contribution in [0, 0.1) is 0 Å². The minimum atomic E-state index is -0.391. The van der Waals surface area contributed by atoms with Crippen molar-refractivity contribution in [2.24, 2.45) is 0 Å². The maximum Gasteiger partial charge on any atom is 0.261 e. The second kappa shape index (κ2) is 8.75. The van der Waals surface area contributed by atoms with Crippen molar-refractivity contribution >= 4 is 29.0 Å². The maximum atomic E-state index is 12.3. The highest BCUT2D eigenvalue weighted by Crippen LogP contribution is 2.32. The topological polar surface area (TPSA) is 133 Å². The molecule has 0 radical (unpaired) electrons. The molecule has 0 saturated carbocycles. The van der Waals surface area contributed by atoms with Crippen molar-refractivity contribution in [1.82, 2.24) is 20.1 Å². The van der Waals surface area contributed by atoms with E-state index in [1.165, 1.54) is 13.4 Å². The summed E-state index contributed by atoms with van der Waals surface area (Å²) in [5, 5.41) is 24.2. The van der Waals surface area contributed by atoms with E-state index < -0.39 is 6.04 Å². The quantitative estimate of drug-likeness (QED) is 0.358. The number of fused-ring (bicyclic) bond motifs is 1. The van der Waals surface area contributed by atoms with Crippen LogP contribution in [0.1, 0.15) is 32.3 Å². The number of pyridine rings is 1. The first kappa shape index (κ1) is 21.3. The molecule has 0 fully saturated rings. The van der Waals surface area contributed by atoms with Gasteiger partial charge in [-0.3, -0.25) is 14.5 Å². The van der Waals surface area contributed by atoms with Gasteiger partial charge in [0.05, 0.1) is 35.0 Å². The minimum Gasteiger partial charge on any atom is -0.423 e. The van der Waals surface area contributed by atoms with Gasteiger partial charge in [-0.05, 0) is 23.8 Å². The van der Waals surface area contributed by atoms with Crippen molar-refractivity contribution in [3.8, 4) is 11.5 Å². The molecule has 2 amide bonds. The molecule has 10 nitrogen and oxygen atoms in total. The number of aliphatic hydroxyl groups excluding tert-OH is 1. The average Bonchev–Trinajstić information content (AvgIpc) is 3.47. The van der Waals surface area contributed by atoms with Gasteiger partial charge < -0.3 is 20.2 Å². The molecule has 0 unspecified atom stereocenters. The second-order valence-electron chi connectivity index (χ2n) is 7.70. The summed E-state index contributed by atoms with van der Waals surface area (Å²) >= 11 is 0. The molecule has 0 aliphatic carbocycles. The molecule has 4 aromatic rings. The Bertz CT molecular complexity index is 1360. The van der Waals surface area contributed by atoms with Crippen LogP contribution in [0.2, 0.25) is 0 Å². The Balaban J connectivity index is 1.48. The number of amides is 2. The van der Waals surface area contributed by atoms with Gasteiger partial charge in [0.15, 0.2) is 0 Å². The van der Waals surface area contributed by atoms with Crippen LogP contribution in [0.5, 0.6) is 0 Å². The number of nitrogens with zero attached hydrogens (tertiary/aromatic N) is 4. The van der Waals surface area contributed by atoms with E-state index >= 15 is 0 Å². The van der Waals surface area contributed by atoms with E-state index in [0.717, 1.165) is 10.5 Å². The zero-order chi connectivity index (χ0) is 23.7. The molecule has 1 atom stereocenters. The number of nitrogens with one attached hydrogen (secondary N) is 2. The third kappa shape index (κ3) is 3.86. The van der Waals surface area contributed by atoms with Crippen LogP contribution in [0.3, 0.4) is 0 Å². The molecule has 170 valence electrons. The fourth-order valence-electron chi connectivity index (χ4n) is 3.80. The average molecular weight is 456 g/mol. The first-order valence-electron chi connectivity index (χ1n) is 10.5. The van der Waals surface area contributed by atoms with Crippen molar-refractivity contribution in [1.29, 1.82) is 0 Å². The van der Waals surface area contributed by atoms with E-state index in [1.54, 1.807) is 30.5 Å². The number of aromatic nitrogens is 3. The highest BCUT2D eigenvalue weighted by molar-refractivity contribution is 6.21. The highest BCUT2D eigenvalue weighted by Gasteiger charge is 2.32. The molecule has 34 heavy (non-hydrogen) atoms. The van der Waals surface area contributed by atoms with Crippen molar-refractivity contribution in [3.63, 3.8) is 0 Å². The predicted molar refractivity (Wildman–Crippen MR) is 124 cm³/mol. The first-order valence-corrected chi connectivity index (χ1v) is 10.5. The normalized spacial score (nSPS) is 13.6. The Morgan fingerprint density at radius 2 is 1.82 bits per heavy atom. The molecule has 1 aliphatic heterocycles. The molecule has 2 aromatic heterocycles. The van der Waals surface area contributed by atoms with Gasteiger partial charge in [-0.25, -0.2) is 4.98 Å². The lowest BCUT2D eigenvalue weighted by atomic mass is 10.1. The molecule has 5 rings (SSSR count). The maximum absolute atomic E-state index is 12.3. The monoisotopic (exact) mass is 456 g/mol. The van der Waals surface area contributed by atoms with Gasteiger partial charge in [-0.15, -0.1) is 10.2 Å². The number of anilines is 3. The molecule has 10 heteroatoms. The van der Waals surface area contributed by atoms with E-state index in [0.29, 0.717) is 33.9 Å². The molecular formula is C24H20N6O4. The molecule has 0 saturated heterocycles. The van der Waals surface area contributed by atoms with Crippen molar-refractivity contribution in [2.45, 2.75) is 6.04 Å². The molecule has 2 aromatic carbocycles. The van der Waals surface area contributed by atoms with Crippen LogP contribution >= 0.6 is 0 Å². The standard InChI is InChI=1S/C24H20N6O4/c1-30-23(32)16-8-7-15(9-17(16)24(30)33)27-21-10-19(18(11-25-21)22-29-26-13-34-22)28-20(12-31)14-5-3-2-4-6-14/h2-11,13,20,31H,12H2,1H3,(H2,25,27,28)/t20-/m1/s1. The van der Waals surface area contributed by atoms with Crippen LogP contribution in [-0.4, -0.2) is 50.7 Å². The van der Waals surface area contributed by atoms with E-state index in [-0.39, 0.29) is 24.3 Å². The Hall–Kier alpha value is -4.57. The van der Waals surface area contributed by atoms with Crippen LogP contribution in [0.4, 0.5) is 17.2 Å². The Labute approximate surface area is 194 Å².